The summed E-state index contributed by atoms with van der Waals surface area (Å²) in [5.41, 5.74) is 0.990. The van der Waals surface area contributed by atoms with Crippen LogP contribution in [0.3, 0.4) is 0 Å². The summed E-state index contributed by atoms with van der Waals surface area (Å²) in [4.78, 5) is 12.4. The summed E-state index contributed by atoms with van der Waals surface area (Å²) in [6.45, 7) is 8.43. The Morgan fingerprint density at radius 2 is 1.54 bits per heavy atom. The fraction of sp³-hybridized carbons (Fsp3) is 0.350. The Labute approximate surface area is 165 Å². The van der Waals surface area contributed by atoms with Crippen molar-refractivity contribution in [3.05, 3.63) is 58.7 Å². The van der Waals surface area contributed by atoms with Crippen molar-refractivity contribution in [1.82, 2.24) is 0 Å². The van der Waals surface area contributed by atoms with Crippen molar-refractivity contribution in [3.8, 4) is 0 Å². The van der Waals surface area contributed by atoms with Gasteiger partial charge in [-0.15, -0.1) is 0 Å². The molecular weight excluding hydrogens is 389 g/mol. The van der Waals surface area contributed by atoms with Crippen LogP contribution in [0.15, 0.2) is 36.4 Å². The number of alkyl halides is 3. The molecule has 0 heterocycles. The largest absolute Gasteiger partial charge is 0.593 e. The number of amides is 1. The minimum Gasteiger partial charge on any atom is -0.593 e. The second-order valence-electron chi connectivity index (χ2n) is 7.42. The standard InChI is InChI=1S/C20H23F3N2O2S/c1-12-13(2)17(11-10-16(12)20(21,22)23)24-18(26)14-6-8-15(9-7-14)25-28(27)19(3,4)5/h6-11,25H,1-5H3,(H,24,26). The van der Waals surface area contributed by atoms with Crippen LogP contribution in [0.25, 0.3) is 0 Å². The predicted octanol–water partition coefficient (Wildman–Crippen LogP) is 5.45. The van der Waals surface area contributed by atoms with Crippen LogP contribution in [0.1, 0.15) is 47.8 Å². The fourth-order valence-corrected chi connectivity index (χ4v) is 3.06. The molecular formula is C20H23F3N2O2S. The molecule has 0 saturated heterocycles. The van der Waals surface area contributed by atoms with E-state index in [-0.39, 0.29) is 5.56 Å². The van der Waals surface area contributed by atoms with Crippen molar-refractivity contribution in [2.24, 2.45) is 0 Å². The molecule has 2 aromatic rings. The molecule has 0 radical (unpaired) electrons. The molecule has 152 valence electrons. The Bertz CT molecular complexity index is 859. The normalized spacial score (nSPS) is 13.2. The van der Waals surface area contributed by atoms with Crippen molar-refractivity contribution in [2.45, 2.75) is 45.5 Å². The highest BCUT2D eigenvalue weighted by molar-refractivity contribution is 7.94. The molecule has 0 saturated carbocycles. The summed E-state index contributed by atoms with van der Waals surface area (Å²) >= 11 is -1.29. The third kappa shape index (κ3) is 5.20. The first-order valence-electron chi connectivity index (χ1n) is 8.58. The number of rotatable bonds is 4. The molecule has 0 aliphatic carbocycles. The van der Waals surface area contributed by atoms with E-state index in [1.807, 2.05) is 20.8 Å². The number of nitrogens with one attached hydrogen (secondary N) is 2. The van der Waals surface area contributed by atoms with Gasteiger partial charge in [0.25, 0.3) is 5.91 Å². The van der Waals surface area contributed by atoms with Gasteiger partial charge in [0, 0.05) is 11.3 Å². The monoisotopic (exact) mass is 412 g/mol. The first kappa shape index (κ1) is 22.1. The van der Waals surface area contributed by atoms with Gasteiger partial charge >= 0.3 is 6.18 Å². The lowest BCUT2D eigenvalue weighted by Crippen LogP contribution is -2.33. The second-order valence-corrected chi connectivity index (χ2v) is 9.39. The SMILES string of the molecule is Cc1c(NC(=O)c2ccc(N[S+]([O-])C(C)(C)C)cc2)ccc(C(F)(F)F)c1C. The van der Waals surface area contributed by atoms with Crippen LogP contribution < -0.4 is 10.0 Å². The van der Waals surface area contributed by atoms with Crippen LogP contribution in [0.2, 0.25) is 0 Å². The van der Waals surface area contributed by atoms with E-state index in [2.05, 4.69) is 10.0 Å². The van der Waals surface area contributed by atoms with E-state index in [4.69, 9.17) is 0 Å². The first-order chi connectivity index (χ1) is 12.8. The zero-order valence-electron chi connectivity index (χ0n) is 16.3. The number of carbonyl (C=O) groups is 1. The summed E-state index contributed by atoms with van der Waals surface area (Å²) in [6, 6.07) is 8.60. The van der Waals surface area contributed by atoms with Gasteiger partial charge in [-0.25, -0.2) is 4.72 Å². The molecule has 1 unspecified atom stereocenters. The highest BCUT2D eigenvalue weighted by atomic mass is 32.2. The number of benzene rings is 2. The van der Waals surface area contributed by atoms with Gasteiger partial charge in [0.1, 0.15) is 4.75 Å². The van der Waals surface area contributed by atoms with E-state index in [0.29, 0.717) is 22.5 Å². The molecule has 0 bridgehead atoms. The van der Waals surface area contributed by atoms with Gasteiger partial charge in [0.05, 0.1) is 22.6 Å². The minimum absolute atomic E-state index is 0.0782. The van der Waals surface area contributed by atoms with Crippen molar-refractivity contribution in [2.75, 3.05) is 10.0 Å². The fourth-order valence-electron chi connectivity index (χ4n) is 2.41. The topological polar surface area (TPSA) is 64.2 Å². The second kappa shape index (κ2) is 8.05. The summed E-state index contributed by atoms with van der Waals surface area (Å²) in [6.07, 6.45) is -4.44. The van der Waals surface area contributed by atoms with Gasteiger partial charge < -0.3 is 9.87 Å². The average Bonchev–Trinajstić information content (AvgIpc) is 2.57. The first-order valence-corrected chi connectivity index (χ1v) is 9.73. The Balaban J connectivity index is 2.14. The summed E-state index contributed by atoms with van der Waals surface area (Å²) < 4.78 is 53.5. The van der Waals surface area contributed by atoms with E-state index in [9.17, 15) is 22.5 Å². The maximum Gasteiger partial charge on any atom is 0.416 e. The Morgan fingerprint density at radius 1 is 0.964 bits per heavy atom. The molecule has 1 atom stereocenters. The molecule has 28 heavy (non-hydrogen) atoms. The van der Waals surface area contributed by atoms with E-state index >= 15 is 0 Å². The van der Waals surface area contributed by atoms with Gasteiger partial charge in [-0.1, -0.05) is 0 Å². The van der Waals surface area contributed by atoms with Crippen molar-refractivity contribution in [1.29, 1.82) is 0 Å². The molecule has 0 aliphatic heterocycles. The molecule has 0 fully saturated rings. The molecule has 2 rings (SSSR count). The van der Waals surface area contributed by atoms with Crippen LogP contribution >= 0.6 is 0 Å². The molecule has 2 aromatic carbocycles. The zero-order valence-corrected chi connectivity index (χ0v) is 17.1. The number of carbonyl (C=O) groups excluding carboxylic acids is 1. The summed E-state index contributed by atoms with van der Waals surface area (Å²) in [7, 11) is 0. The van der Waals surface area contributed by atoms with Gasteiger partial charge in [0.2, 0.25) is 0 Å². The van der Waals surface area contributed by atoms with E-state index < -0.39 is 33.8 Å². The highest BCUT2D eigenvalue weighted by Gasteiger charge is 2.33. The Hall–Kier alpha value is -2.19. The van der Waals surface area contributed by atoms with Gasteiger partial charge in [-0.05, 0) is 82.1 Å². The Kier molecular flexibility index (Phi) is 6.35. The summed E-state index contributed by atoms with van der Waals surface area (Å²) in [5.74, 6) is -0.439. The van der Waals surface area contributed by atoms with E-state index in [1.54, 1.807) is 24.3 Å². The van der Waals surface area contributed by atoms with Crippen LogP contribution in [-0.2, 0) is 17.5 Å². The molecule has 0 spiro atoms. The van der Waals surface area contributed by atoms with Gasteiger partial charge in [-0.3, -0.25) is 4.79 Å². The third-order valence-electron chi connectivity index (χ3n) is 4.25. The quantitative estimate of drug-likeness (QED) is 0.657. The average molecular weight is 412 g/mol. The third-order valence-corrected chi connectivity index (χ3v) is 5.79. The lowest BCUT2D eigenvalue weighted by molar-refractivity contribution is -0.138. The molecule has 4 nitrogen and oxygen atoms in total. The van der Waals surface area contributed by atoms with Crippen molar-refractivity contribution in [3.63, 3.8) is 0 Å². The summed E-state index contributed by atoms with van der Waals surface area (Å²) in [5, 5.41) is 2.64. The molecule has 2 N–H and O–H groups in total. The lowest BCUT2D eigenvalue weighted by Gasteiger charge is -2.24. The van der Waals surface area contributed by atoms with Crippen molar-refractivity contribution >= 4 is 28.6 Å². The maximum atomic E-state index is 13.0. The predicted molar refractivity (Wildman–Crippen MR) is 107 cm³/mol. The maximum absolute atomic E-state index is 13.0. The number of anilines is 2. The zero-order chi connectivity index (χ0) is 21.3. The van der Waals surface area contributed by atoms with E-state index in [1.165, 1.54) is 19.9 Å². The van der Waals surface area contributed by atoms with E-state index in [0.717, 1.165) is 6.07 Å². The lowest BCUT2D eigenvalue weighted by atomic mass is 10.0. The van der Waals surface area contributed by atoms with Crippen LogP contribution in [0, 0.1) is 13.8 Å². The number of hydrogen-bond acceptors (Lipinski definition) is 3. The highest BCUT2D eigenvalue weighted by Crippen LogP contribution is 2.35. The molecule has 0 aliphatic rings. The molecule has 0 aromatic heterocycles. The van der Waals surface area contributed by atoms with Crippen LogP contribution in [0.4, 0.5) is 24.5 Å². The van der Waals surface area contributed by atoms with Crippen molar-refractivity contribution < 1.29 is 22.5 Å². The van der Waals surface area contributed by atoms with Crippen LogP contribution in [0.5, 0.6) is 0 Å². The van der Waals surface area contributed by atoms with Gasteiger partial charge in [0.15, 0.2) is 0 Å². The van der Waals surface area contributed by atoms with Gasteiger partial charge in [-0.2, -0.15) is 13.2 Å². The Morgan fingerprint density at radius 3 is 2.04 bits per heavy atom. The minimum atomic E-state index is -4.44. The number of hydrogen-bond donors (Lipinski definition) is 2. The van der Waals surface area contributed by atoms with Crippen LogP contribution in [-0.4, -0.2) is 15.2 Å². The number of halogens is 3. The molecule has 1 amide bonds. The molecule has 8 heteroatoms. The smallest absolute Gasteiger partial charge is 0.416 e.